The highest BCUT2D eigenvalue weighted by Gasteiger charge is 2.25. The lowest BCUT2D eigenvalue weighted by Crippen LogP contribution is -2.47. The van der Waals surface area contributed by atoms with Gasteiger partial charge in [0.05, 0.1) is 4.90 Å². The van der Waals surface area contributed by atoms with E-state index in [0.717, 1.165) is 16.3 Å². The Labute approximate surface area is 200 Å². The van der Waals surface area contributed by atoms with E-state index in [9.17, 15) is 18.0 Å². The molecule has 8 heteroatoms. The van der Waals surface area contributed by atoms with E-state index in [2.05, 4.69) is 10.0 Å². The molecule has 1 heterocycles. The van der Waals surface area contributed by atoms with Gasteiger partial charge < -0.3 is 10.2 Å². The molecular weight excluding hydrogens is 450 g/mol. The average Bonchev–Trinajstić information content (AvgIpc) is 2.84. The SMILES string of the molecule is Cc1ccccc1C(=O)NC1CCN(C(=O)CCNS(=O)(=O)c2ccc3ccccc3c2)CC1. The zero-order chi connectivity index (χ0) is 24.1. The summed E-state index contributed by atoms with van der Waals surface area (Å²) in [5.41, 5.74) is 1.60. The zero-order valence-corrected chi connectivity index (χ0v) is 20.0. The Bertz CT molecular complexity index is 1300. The molecule has 3 aromatic rings. The van der Waals surface area contributed by atoms with Crippen molar-refractivity contribution in [3.05, 3.63) is 77.9 Å². The highest BCUT2D eigenvalue weighted by molar-refractivity contribution is 7.89. The zero-order valence-electron chi connectivity index (χ0n) is 19.2. The molecule has 7 nitrogen and oxygen atoms in total. The highest BCUT2D eigenvalue weighted by atomic mass is 32.2. The number of amides is 2. The maximum Gasteiger partial charge on any atom is 0.251 e. The van der Waals surface area contributed by atoms with Crippen LogP contribution in [-0.2, 0) is 14.8 Å². The number of hydrogen-bond acceptors (Lipinski definition) is 4. The number of carbonyl (C=O) groups excluding carboxylic acids is 2. The largest absolute Gasteiger partial charge is 0.349 e. The summed E-state index contributed by atoms with van der Waals surface area (Å²) in [5, 5.41) is 4.87. The van der Waals surface area contributed by atoms with E-state index in [0.29, 0.717) is 31.5 Å². The molecule has 0 spiro atoms. The molecule has 0 saturated carbocycles. The topological polar surface area (TPSA) is 95.6 Å². The molecule has 0 bridgehead atoms. The highest BCUT2D eigenvalue weighted by Crippen LogP contribution is 2.19. The molecular formula is C26H29N3O4S. The van der Waals surface area contributed by atoms with Gasteiger partial charge in [-0.15, -0.1) is 0 Å². The summed E-state index contributed by atoms with van der Waals surface area (Å²) in [4.78, 5) is 27.0. The van der Waals surface area contributed by atoms with Gasteiger partial charge in [0.15, 0.2) is 0 Å². The first-order chi connectivity index (χ1) is 16.3. The molecule has 4 rings (SSSR count). The predicted molar refractivity (Wildman–Crippen MR) is 132 cm³/mol. The number of piperidine rings is 1. The fourth-order valence-corrected chi connectivity index (χ4v) is 5.30. The van der Waals surface area contributed by atoms with E-state index >= 15 is 0 Å². The minimum Gasteiger partial charge on any atom is -0.349 e. The molecule has 34 heavy (non-hydrogen) atoms. The van der Waals surface area contributed by atoms with E-state index in [1.54, 1.807) is 23.1 Å². The summed E-state index contributed by atoms with van der Waals surface area (Å²) in [7, 11) is -3.70. The van der Waals surface area contributed by atoms with Crippen molar-refractivity contribution in [2.75, 3.05) is 19.6 Å². The molecule has 178 valence electrons. The van der Waals surface area contributed by atoms with Crippen molar-refractivity contribution in [2.45, 2.75) is 37.1 Å². The van der Waals surface area contributed by atoms with Crippen LogP contribution in [0.1, 0.15) is 35.2 Å². The van der Waals surface area contributed by atoms with Crippen molar-refractivity contribution in [2.24, 2.45) is 0 Å². The summed E-state index contributed by atoms with van der Waals surface area (Å²) < 4.78 is 27.8. The molecule has 0 unspecified atom stereocenters. The maximum atomic E-state index is 12.6. The van der Waals surface area contributed by atoms with Crippen LogP contribution in [0, 0.1) is 6.92 Å². The quantitative estimate of drug-likeness (QED) is 0.544. The number of benzene rings is 3. The fourth-order valence-electron chi connectivity index (χ4n) is 4.23. The summed E-state index contributed by atoms with van der Waals surface area (Å²) in [6, 6.07) is 20.0. The van der Waals surface area contributed by atoms with Crippen LogP contribution in [0.15, 0.2) is 71.6 Å². The van der Waals surface area contributed by atoms with Crippen molar-refractivity contribution < 1.29 is 18.0 Å². The number of fused-ring (bicyclic) bond motifs is 1. The third-order valence-electron chi connectivity index (χ3n) is 6.23. The molecule has 1 fully saturated rings. The Morgan fingerprint density at radius 3 is 2.35 bits per heavy atom. The van der Waals surface area contributed by atoms with E-state index < -0.39 is 10.0 Å². The number of carbonyl (C=O) groups is 2. The number of nitrogens with zero attached hydrogens (tertiary/aromatic N) is 1. The van der Waals surface area contributed by atoms with Crippen molar-refractivity contribution in [3.8, 4) is 0 Å². The number of nitrogens with one attached hydrogen (secondary N) is 2. The van der Waals surface area contributed by atoms with Gasteiger partial charge in [0.25, 0.3) is 5.91 Å². The first-order valence-electron chi connectivity index (χ1n) is 11.5. The van der Waals surface area contributed by atoms with Crippen LogP contribution in [-0.4, -0.2) is 50.8 Å². The summed E-state index contributed by atoms with van der Waals surface area (Å²) in [5.74, 6) is -0.184. The van der Waals surface area contributed by atoms with Crippen LogP contribution in [0.25, 0.3) is 10.8 Å². The Morgan fingerprint density at radius 2 is 1.62 bits per heavy atom. The second-order valence-corrected chi connectivity index (χ2v) is 10.4. The molecule has 2 amide bonds. The van der Waals surface area contributed by atoms with Crippen LogP contribution in [0.4, 0.5) is 0 Å². The second-order valence-electron chi connectivity index (χ2n) is 8.60. The Hall–Kier alpha value is -3.23. The van der Waals surface area contributed by atoms with Gasteiger partial charge in [-0.2, -0.15) is 0 Å². The van der Waals surface area contributed by atoms with Crippen molar-refractivity contribution in [3.63, 3.8) is 0 Å². The molecule has 0 radical (unpaired) electrons. The third kappa shape index (κ3) is 5.63. The van der Waals surface area contributed by atoms with Crippen LogP contribution < -0.4 is 10.0 Å². The summed E-state index contributed by atoms with van der Waals surface area (Å²) in [6.07, 6.45) is 1.44. The first kappa shape index (κ1) is 23.9. The van der Waals surface area contributed by atoms with E-state index in [-0.39, 0.29) is 35.7 Å². The van der Waals surface area contributed by atoms with E-state index in [1.807, 2.05) is 55.5 Å². The van der Waals surface area contributed by atoms with Crippen molar-refractivity contribution in [1.82, 2.24) is 14.9 Å². The van der Waals surface area contributed by atoms with E-state index in [4.69, 9.17) is 0 Å². The van der Waals surface area contributed by atoms with Gasteiger partial charge in [-0.3, -0.25) is 9.59 Å². The lowest BCUT2D eigenvalue weighted by Gasteiger charge is -2.32. The Morgan fingerprint density at radius 1 is 0.941 bits per heavy atom. The van der Waals surface area contributed by atoms with Gasteiger partial charge in [-0.25, -0.2) is 13.1 Å². The second kappa shape index (κ2) is 10.4. The summed E-state index contributed by atoms with van der Waals surface area (Å²) >= 11 is 0. The third-order valence-corrected chi connectivity index (χ3v) is 7.69. The fraction of sp³-hybridized carbons (Fsp3) is 0.308. The van der Waals surface area contributed by atoms with Gasteiger partial charge in [-0.05, 0) is 54.3 Å². The molecule has 0 atom stereocenters. The average molecular weight is 480 g/mol. The van der Waals surface area contributed by atoms with E-state index in [1.165, 1.54) is 0 Å². The van der Waals surface area contributed by atoms with Gasteiger partial charge in [-0.1, -0.05) is 48.5 Å². The van der Waals surface area contributed by atoms with Crippen LogP contribution >= 0.6 is 0 Å². The lowest BCUT2D eigenvalue weighted by atomic mass is 10.0. The number of aryl methyl sites for hydroxylation is 1. The molecule has 1 saturated heterocycles. The van der Waals surface area contributed by atoms with Gasteiger partial charge >= 0.3 is 0 Å². The normalized spacial score (nSPS) is 14.8. The standard InChI is InChI=1S/C26H29N3O4S/c1-19-6-2-5-9-24(19)26(31)28-22-13-16-29(17-14-22)25(30)12-15-27-34(32,33)23-11-10-20-7-3-4-8-21(20)18-23/h2-11,18,22,27H,12-17H2,1H3,(H,28,31). The van der Waals surface area contributed by atoms with Crippen molar-refractivity contribution >= 4 is 32.6 Å². The minimum absolute atomic E-state index is 0.0163. The van der Waals surface area contributed by atoms with Gasteiger partial charge in [0.1, 0.15) is 0 Å². The number of likely N-dealkylation sites (tertiary alicyclic amines) is 1. The predicted octanol–water partition coefficient (Wildman–Crippen LogP) is 3.24. The Kier molecular flexibility index (Phi) is 7.29. The number of sulfonamides is 1. The molecule has 0 aromatic heterocycles. The first-order valence-corrected chi connectivity index (χ1v) is 12.9. The van der Waals surface area contributed by atoms with Gasteiger partial charge in [0.2, 0.25) is 15.9 Å². The van der Waals surface area contributed by atoms with Crippen LogP contribution in [0.2, 0.25) is 0 Å². The van der Waals surface area contributed by atoms with Gasteiger partial charge in [0, 0.05) is 37.7 Å². The number of rotatable bonds is 7. The maximum absolute atomic E-state index is 12.6. The monoisotopic (exact) mass is 479 g/mol. The minimum atomic E-state index is -3.70. The molecule has 2 N–H and O–H groups in total. The number of hydrogen-bond donors (Lipinski definition) is 2. The Balaban J connectivity index is 1.24. The van der Waals surface area contributed by atoms with Crippen LogP contribution in [0.5, 0.6) is 0 Å². The smallest absolute Gasteiger partial charge is 0.251 e. The molecule has 3 aromatic carbocycles. The molecule has 1 aliphatic rings. The van der Waals surface area contributed by atoms with Crippen LogP contribution in [0.3, 0.4) is 0 Å². The molecule has 0 aliphatic carbocycles. The lowest BCUT2D eigenvalue weighted by molar-refractivity contribution is -0.132. The summed E-state index contributed by atoms with van der Waals surface area (Å²) in [6.45, 7) is 3.02. The molecule has 1 aliphatic heterocycles. The van der Waals surface area contributed by atoms with Crippen molar-refractivity contribution in [1.29, 1.82) is 0 Å².